The molecule has 1 saturated heterocycles. The lowest BCUT2D eigenvalue weighted by Crippen LogP contribution is -2.33. The molecular weight excluding hydrogens is 454 g/mol. The van der Waals surface area contributed by atoms with Crippen LogP contribution in [-0.2, 0) is 4.79 Å². The van der Waals surface area contributed by atoms with Gasteiger partial charge in [-0.2, -0.15) is 0 Å². The molecule has 4 aromatic rings. The molecule has 2 atom stereocenters. The van der Waals surface area contributed by atoms with Crippen molar-refractivity contribution in [3.8, 4) is 5.69 Å². The molecule has 1 amide bonds. The van der Waals surface area contributed by atoms with Crippen LogP contribution in [0.3, 0.4) is 0 Å². The molecule has 0 bridgehead atoms. The monoisotopic (exact) mass is 481 g/mol. The molecule has 5 rings (SSSR count). The van der Waals surface area contributed by atoms with E-state index in [-0.39, 0.29) is 18.0 Å². The highest BCUT2D eigenvalue weighted by Gasteiger charge is 2.41. The number of aryl methyl sites for hydroxylation is 1. The average molecular weight is 482 g/mol. The number of amides is 1. The number of nitrogens with zero attached hydrogens (tertiary/aromatic N) is 3. The van der Waals surface area contributed by atoms with Crippen molar-refractivity contribution in [1.82, 2.24) is 19.8 Å². The zero-order chi connectivity index (χ0) is 24.2. The summed E-state index contributed by atoms with van der Waals surface area (Å²) in [5.41, 5.74) is 4.93. The van der Waals surface area contributed by atoms with Crippen LogP contribution in [0, 0.1) is 6.92 Å². The number of aromatic nitrogens is 2. The Morgan fingerprint density at radius 1 is 1.00 bits per heavy atom. The summed E-state index contributed by atoms with van der Waals surface area (Å²) in [5, 5.41) is 7.12. The summed E-state index contributed by atoms with van der Waals surface area (Å²) in [6, 6.07) is 27.8. The first-order valence-corrected chi connectivity index (χ1v) is 12.1. The van der Waals surface area contributed by atoms with Crippen LogP contribution in [0.15, 0.2) is 97.3 Å². The molecule has 0 unspecified atom stereocenters. The van der Waals surface area contributed by atoms with Gasteiger partial charge in [-0.1, -0.05) is 42.5 Å². The number of para-hydroxylation sites is 2. The first-order chi connectivity index (χ1) is 17.1. The second kappa shape index (κ2) is 10.1. The van der Waals surface area contributed by atoms with Crippen LogP contribution < -0.4 is 10.6 Å². The van der Waals surface area contributed by atoms with Crippen molar-refractivity contribution >= 4 is 28.9 Å². The number of carbonyl (C=O) groups excluding carboxylic acids is 1. The summed E-state index contributed by atoms with van der Waals surface area (Å²) in [5.74, 6) is -0.0411. The van der Waals surface area contributed by atoms with Gasteiger partial charge in [0, 0.05) is 42.4 Å². The molecule has 0 radical (unpaired) electrons. The van der Waals surface area contributed by atoms with Crippen LogP contribution in [-0.4, -0.2) is 32.0 Å². The van der Waals surface area contributed by atoms with Crippen molar-refractivity contribution in [3.63, 3.8) is 0 Å². The Morgan fingerprint density at radius 3 is 2.54 bits per heavy atom. The Balaban J connectivity index is 1.44. The lowest BCUT2D eigenvalue weighted by molar-refractivity contribution is -0.116. The molecule has 1 aliphatic heterocycles. The van der Waals surface area contributed by atoms with E-state index in [1.165, 1.54) is 0 Å². The second-order valence-corrected chi connectivity index (χ2v) is 8.96. The Morgan fingerprint density at radius 2 is 1.77 bits per heavy atom. The van der Waals surface area contributed by atoms with Gasteiger partial charge in [0.25, 0.3) is 0 Å². The van der Waals surface area contributed by atoms with Gasteiger partial charge in [-0.05, 0) is 67.2 Å². The SMILES string of the molecule is Cc1ccccc1NC(=O)CCN1C(=S)N[C@@H](c2ccccn2)[C@@H]1c1cccn1-c1ccccc1. The van der Waals surface area contributed by atoms with Crippen molar-refractivity contribution in [2.75, 3.05) is 11.9 Å². The number of thiocarbonyl (C=S) groups is 1. The molecule has 6 nitrogen and oxygen atoms in total. The first kappa shape index (κ1) is 22.8. The minimum absolute atomic E-state index is 0.0411. The predicted octanol–water partition coefficient (Wildman–Crippen LogP) is 5.18. The highest BCUT2D eigenvalue weighted by molar-refractivity contribution is 7.80. The van der Waals surface area contributed by atoms with E-state index in [0.29, 0.717) is 18.1 Å². The number of hydrogen-bond donors (Lipinski definition) is 2. The molecule has 7 heteroatoms. The van der Waals surface area contributed by atoms with Crippen molar-refractivity contribution in [3.05, 3.63) is 114 Å². The highest BCUT2D eigenvalue weighted by atomic mass is 32.1. The molecule has 2 N–H and O–H groups in total. The van der Waals surface area contributed by atoms with Crippen LogP contribution in [0.2, 0.25) is 0 Å². The van der Waals surface area contributed by atoms with Gasteiger partial charge in [-0.15, -0.1) is 0 Å². The molecule has 0 aliphatic carbocycles. The van der Waals surface area contributed by atoms with Gasteiger partial charge in [-0.25, -0.2) is 0 Å². The maximum Gasteiger partial charge on any atom is 0.226 e. The van der Waals surface area contributed by atoms with Crippen LogP contribution in [0.5, 0.6) is 0 Å². The number of pyridine rings is 1. The van der Waals surface area contributed by atoms with Crippen LogP contribution in [0.25, 0.3) is 5.69 Å². The Bertz CT molecular complexity index is 1320. The smallest absolute Gasteiger partial charge is 0.226 e. The maximum atomic E-state index is 12.8. The largest absolute Gasteiger partial charge is 0.352 e. The Hall–Kier alpha value is -3.97. The molecule has 35 heavy (non-hydrogen) atoms. The number of hydrogen-bond acceptors (Lipinski definition) is 3. The number of carbonyl (C=O) groups is 1. The molecule has 176 valence electrons. The van der Waals surface area contributed by atoms with Gasteiger partial charge in [0.15, 0.2) is 5.11 Å². The second-order valence-electron chi connectivity index (χ2n) is 8.57. The summed E-state index contributed by atoms with van der Waals surface area (Å²) in [7, 11) is 0. The summed E-state index contributed by atoms with van der Waals surface area (Å²) >= 11 is 5.78. The molecule has 1 fully saturated rings. The summed E-state index contributed by atoms with van der Waals surface area (Å²) in [4.78, 5) is 19.6. The third-order valence-corrected chi connectivity index (χ3v) is 6.67. The van der Waals surface area contributed by atoms with E-state index in [9.17, 15) is 4.79 Å². The predicted molar refractivity (Wildman–Crippen MR) is 142 cm³/mol. The highest BCUT2D eigenvalue weighted by Crippen LogP contribution is 2.39. The van der Waals surface area contributed by atoms with Gasteiger partial charge in [0.1, 0.15) is 0 Å². The zero-order valence-electron chi connectivity index (χ0n) is 19.5. The maximum absolute atomic E-state index is 12.8. The van der Waals surface area contributed by atoms with E-state index in [2.05, 4.69) is 49.5 Å². The fourth-order valence-corrected chi connectivity index (χ4v) is 4.91. The van der Waals surface area contributed by atoms with Crippen LogP contribution >= 0.6 is 12.2 Å². The fraction of sp³-hybridized carbons (Fsp3) is 0.179. The van der Waals surface area contributed by atoms with Crippen molar-refractivity contribution in [1.29, 1.82) is 0 Å². The van der Waals surface area contributed by atoms with Crippen molar-refractivity contribution in [2.24, 2.45) is 0 Å². The normalized spacial score (nSPS) is 17.3. The number of nitrogens with one attached hydrogen (secondary N) is 2. The first-order valence-electron chi connectivity index (χ1n) is 11.7. The third-order valence-electron chi connectivity index (χ3n) is 6.31. The number of benzene rings is 2. The Labute approximate surface area is 210 Å². The lowest BCUT2D eigenvalue weighted by atomic mass is 10.0. The quantitative estimate of drug-likeness (QED) is 0.356. The van der Waals surface area contributed by atoms with Gasteiger partial charge >= 0.3 is 0 Å². The lowest BCUT2D eigenvalue weighted by Gasteiger charge is -2.29. The standard InChI is InChI=1S/C28H27N5OS/c1-20-10-5-6-13-22(20)30-25(34)16-19-33-27(26(31-28(33)35)23-14-7-8-17-29-23)24-15-9-18-32(24)21-11-3-2-4-12-21/h2-15,17-18,26-27H,16,19H2,1H3,(H,30,34)(H,31,35)/t26-,27-/m0/s1. The van der Waals surface area contributed by atoms with Gasteiger partial charge < -0.3 is 20.1 Å². The topological polar surface area (TPSA) is 62.2 Å². The van der Waals surface area contributed by atoms with E-state index in [1.807, 2.05) is 73.7 Å². The molecule has 3 heterocycles. The summed E-state index contributed by atoms with van der Waals surface area (Å²) in [6.45, 7) is 2.47. The van der Waals surface area contributed by atoms with Gasteiger partial charge in [-0.3, -0.25) is 9.78 Å². The molecular formula is C28H27N5OS. The van der Waals surface area contributed by atoms with Crippen molar-refractivity contribution in [2.45, 2.75) is 25.4 Å². The summed E-state index contributed by atoms with van der Waals surface area (Å²) in [6.07, 6.45) is 4.17. The van der Waals surface area contributed by atoms with E-state index in [0.717, 1.165) is 28.3 Å². The third kappa shape index (κ3) is 4.81. The van der Waals surface area contributed by atoms with E-state index in [1.54, 1.807) is 6.20 Å². The minimum Gasteiger partial charge on any atom is -0.352 e. The molecule has 0 saturated carbocycles. The number of rotatable bonds is 7. The van der Waals surface area contributed by atoms with E-state index >= 15 is 0 Å². The van der Waals surface area contributed by atoms with Crippen molar-refractivity contribution < 1.29 is 4.79 Å². The molecule has 2 aromatic heterocycles. The molecule has 2 aromatic carbocycles. The zero-order valence-corrected chi connectivity index (χ0v) is 20.3. The molecule has 1 aliphatic rings. The average Bonchev–Trinajstić information content (AvgIpc) is 3.49. The fourth-order valence-electron chi connectivity index (χ4n) is 4.57. The van der Waals surface area contributed by atoms with Gasteiger partial charge in [0.2, 0.25) is 5.91 Å². The summed E-state index contributed by atoms with van der Waals surface area (Å²) < 4.78 is 2.18. The van der Waals surface area contributed by atoms with Crippen LogP contribution in [0.4, 0.5) is 5.69 Å². The minimum atomic E-state index is -0.138. The number of anilines is 1. The van der Waals surface area contributed by atoms with E-state index in [4.69, 9.17) is 12.2 Å². The van der Waals surface area contributed by atoms with Crippen LogP contribution in [0.1, 0.15) is 35.5 Å². The van der Waals surface area contributed by atoms with Gasteiger partial charge in [0.05, 0.1) is 17.8 Å². The molecule has 0 spiro atoms. The Kier molecular flexibility index (Phi) is 6.59. The van der Waals surface area contributed by atoms with E-state index < -0.39 is 0 Å².